The van der Waals surface area contributed by atoms with Crippen molar-refractivity contribution in [2.45, 2.75) is 0 Å². The first kappa shape index (κ1) is 10.5. The van der Waals surface area contributed by atoms with Gasteiger partial charge in [0.1, 0.15) is 17.6 Å². The topological polar surface area (TPSA) is 61.1 Å². The van der Waals surface area contributed by atoms with Gasteiger partial charge in [0.2, 0.25) is 0 Å². The molecule has 0 bridgehead atoms. The summed E-state index contributed by atoms with van der Waals surface area (Å²) in [6.07, 6.45) is 0. The molecule has 1 aromatic rings. The van der Waals surface area contributed by atoms with E-state index in [1.807, 2.05) is 0 Å². The number of carbonyl (C=O) groups is 1. The highest BCUT2D eigenvalue weighted by Crippen LogP contribution is 2.21. The summed E-state index contributed by atoms with van der Waals surface area (Å²) >= 11 is 5.23. The minimum absolute atomic E-state index is 0.153. The van der Waals surface area contributed by atoms with Crippen molar-refractivity contribution in [3.63, 3.8) is 0 Å². The smallest absolute Gasteiger partial charge is 0.180 e. The summed E-state index contributed by atoms with van der Waals surface area (Å²) in [6, 6.07) is 3.33. The molecule has 1 rings (SSSR count). The van der Waals surface area contributed by atoms with E-state index in [0.717, 1.165) is 12.1 Å². The van der Waals surface area contributed by atoms with Gasteiger partial charge < -0.3 is 5.11 Å². The number of nitriles is 1. The Morgan fingerprint density at radius 3 is 2.79 bits per heavy atom. The Morgan fingerprint density at radius 1 is 1.64 bits per heavy atom. The number of phenolic OH excluding ortho intramolecular Hbond substituents is 1. The van der Waals surface area contributed by atoms with Crippen LogP contribution in [0, 0.1) is 17.1 Å². The molecule has 0 heterocycles. The standard InChI is InChI=1S/C9H5ClFNO2/c10-3-9(14)6-1-5(4-12)8(13)2-7(6)11/h1-2,13H,3H2. The predicted molar refractivity (Wildman–Crippen MR) is 47.8 cm³/mol. The summed E-state index contributed by atoms with van der Waals surface area (Å²) in [5.74, 6) is -2.36. The van der Waals surface area contributed by atoms with E-state index in [9.17, 15) is 9.18 Å². The van der Waals surface area contributed by atoms with Crippen molar-refractivity contribution in [2.24, 2.45) is 0 Å². The van der Waals surface area contributed by atoms with Gasteiger partial charge in [0.15, 0.2) is 5.78 Å². The van der Waals surface area contributed by atoms with Crippen LogP contribution in [0.1, 0.15) is 15.9 Å². The van der Waals surface area contributed by atoms with Crippen molar-refractivity contribution in [2.75, 3.05) is 5.88 Å². The normalized spacial score (nSPS) is 9.50. The first-order valence-corrected chi connectivity index (χ1v) is 4.15. The van der Waals surface area contributed by atoms with Gasteiger partial charge in [-0.15, -0.1) is 11.6 Å². The van der Waals surface area contributed by atoms with Gasteiger partial charge in [0, 0.05) is 6.07 Å². The summed E-state index contributed by atoms with van der Waals surface area (Å²) in [7, 11) is 0. The Bertz CT molecular complexity index is 426. The number of alkyl halides is 1. The van der Waals surface area contributed by atoms with Gasteiger partial charge in [0.25, 0.3) is 0 Å². The third kappa shape index (κ3) is 1.83. The molecule has 1 N–H and O–H groups in total. The van der Waals surface area contributed by atoms with Crippen LogP contribution in [0.4, 0.5) is 4.39 Å². The number of benzene rings is 1. The van der Waals surface area contributed by atoms with Crippen molar-refractivity contribution in [3.8, 4) is 11.8 Å². The van der Waals surface area contributed by atoms with Gasteiger partial charge in [-0.2, -0.15) is 5.26 Å². The summed E-state index contributed by atoms with van der Waals surface area (Å²) < 4.78 is 13.1. The fourth-order valence-electron chi connectivity index (χ4n) is 0.938. The fourth-order valence-corrected chi connectivity index (χ4v) is 1.08. The number of carbonyl (C=O) groups excluding carboxylic acids is 1. The molecule has 5 heteroatoms. The Balaban J connectivity index is 3.33. The quantitative estimate of drug-likeness (QED) is 0.602. The lowest BCUT2D eigenvalue weighted by Gasteiger charge is -2.01. The van der Waals surface area contributed by atoms with Crippen LogP contribution in [0.3, 0.4) is 0 Å². The molecule has 3 nitrogen and oxygen atoms in total. The third-order valence-corrected chi connectivity index (χ3v) is 1.87. The zero-order chi connectivity index (χ0) is 10.7. The largest absolute Gasteiger partial charge is 0.506 e. The van der Waals surface area contributed by atoms with Gasteiger partial charge in [-0.3, -0.25) is 4.79 Å². The molecule has 0 unspecified atom stereocenters. The van der Waals surface area contributed by atoms with Gasteiger partial charge >= 0.3 is 0 Å². The predicted octanol–water partition coefficient (Wildman–Crippen LogP) is 1.82. The highest BCUT2D eigenvalue weighted by atomic mass is 35.5. The average molecular weight is 214 g/mol. The zero-order valence-electron chi connectivity index (χ0n) is 6.92. The number of Topliss-reactive ketones (excluding diaryl/α,β-unsaturated/α-hetero) is 1. The Kier molecular flexibility index (Phi) is 3.05. The molecular formula is C9H5ClFNO2. The van der Waals surface area contributed by atoms with Crippen LogP contribution in [0.2, 0.25) is 0 Å². The van der Waals surface area contributed by atoms with Crippen LogP contribution in [0.5, 0.6) is 5.75 Å². The molecule has 0 aromatic heterocycles. The van der Waals surface area contributed by atoms with Crippen molar-refractivity contribution in [1.82, 2.24) is 0 Å². The zero-order valence-corrected chi connectivity index (χ0v) is 7.68. The van der Waals surface area contributed by atoms with Crippen LogP contribution in [0.15, 0.2) is 12.1 Å². The Morgan fingerprint density at radius 2 is 2.29 bits per heavy atom. The molecule has 72 valence electrons. The molecule has 14 heavy (non-hydrogen) atoms. The first-order chi connectivity index (χ1) is 6.60. The highest BCUT2D eigenvalue weighted by molar-refractivity contribution is 6.30. The summed E-state index contributed by atoms with van der Waals surface area (Å²) in [5, 5.41) is 17.6. The minimum Gasteiger partial charge on any atom is -0.506 e. The maximum atomic E-state index is 13.1. The first-order valence-electron chi connectivity index (χ1n) is 3.62. The fraction of sp³-hybridized carbons (Fsp3) is 0.111. The van der Waals surface area contributed by atoms with Crippen molar-refractivity contribution < 1.29 is 14.3 Å². The molecule has 0 radical (unpaired) electrons. The summed E-state index contributed by atoms with van der Waals surface area (Å²) in [4.78, 5) is 11.1. The number of halogens is 2. The maximum absolute atomic E-state index is 13.1. The van der Waals surface area contributed by atoms with E-state index in [1.165, 1.54) is 0 Å². The van der Waals surface area contributed by atoms with Crippen LogP contribution < -0.4 is 0 Å². The lowest BCUT2D eigenvalue weighted by Crippen LogP contribution is -2.04. The number of nitrogens with zero attached hydrogens (tertiary/aromatic N) is 1. The molecule has 0 amide bonds. The molecule has 0 atom stereocenters. The molecule has 0 aliphatic carbocycles. The Labute approximate surface area is 84.3 Å². The second-order valence-corrected chi connectivity index (χ2v) is 2.79. The van der Waals surface area contributed by atoms with Crippen molar-refractivity contribution in [1.29, 1.82) is 5.26 Å². The van der Waals surface area contributed by atoms with E-state index in [2.05, 4.69) is 0 Å². The van der Waals surface area contributed by atoms with E-state index >= 15 is 0 Å². The van der Waals surface area contributed by atoms with Crippen molar-refractivity contribution in [3.05, 3.63) is 29.1 Å². The number of hydrogen-bond acceptors (Lipinski definition) is 3. The molecular weight excluding hydrogens is 209 g/mol. The number of aromatic hydroxyl groups is 1. The van der Waals surface area contributed by atoms with Gasteiger partial charge in [-0.25, -0.2) is 4.39 Å². The van der Waals surface area contributed by atoms with Gasteiger partial charge in [0.05, 0.1) is 17.0 Å². The van der Waals surface area contributed by atoms with Gasteiger partial charge in [-0.05, 0) is 6.07 Å². The maximum Gasteiger partial charge on any atom is 0.180 e. The van der Waals surface area contributed by atoms with E-state index < -0.39 is 17.3 Å². The average Bonchev–Trinajstić information content (AvgIpc) is 2.17. The monoisotopic (exact) mass is 213 g/mol. The summed E-state index contributed by atoms with van der Waals surface area (Å²) in [5.41, 5.74) is -0.436. The number of rotatable bonds is 2. The summed E-state index contributed by atoms with van der Waals surface area (Å²) in [6.45, 7) is 0. The van der Waals surface area contributed by atoms with Crippen LogP contribution in [0.25, 0.3) is 0 Å². The molecule has 1 aromatic carbocycles. The minimum atomic E-state index is -0.882. The molecule has 0 spiro atoms. The highest BCUT2D eigenvalue weighted by Gasteiger charge is 2.14. The molecule has 0 fully saturated rings. The molecule has 0 aliphatic heterocycles. The van der Waals surface area contributed by atoms with Crippen LogP contribution >= 0.6 is 11.6 Å². The number of hydrogen-bond donors (Lipinski definition) is 1. The van der Waals surface area contributed by atoms with Crippen LogP contribution in [-0.2, 0) is 0 Å². The second-order valence-electron chi connectivity index (χ2n) is 2.52. The van der Waals surface area contributed by atoms with E-state index in [-0.39, 0.29) is 17.0 Å². The van der Waals surface area contributed by atoms with Crippen LogP contribution in [-0.4, -0.2) is 16.8 Å². The lowest BCUT2D eigenvalue weighted by atomic mass is 10.1. The van der Waals surface area contributed by atoms with E-state index in [0.29, 0.717) is 0 Å². The van der Waals surface area contributed by atoms with Gasteiger partial charge in [-0.1, -0.05) is 0 Å². The molecule has 0 saturated heterocycles. The SMILES string of the molecule is N#Cc1cc(C(=O)CCl)c(F)cc1O. The second kappa shape index (κ2) is 4.07. The Hall–Kier alpha value is -1.60. The number of phenols is 1. The number of ketones is 1. The van der Waals surface area contributed by atoms with E-state index in [1.54, 1.807) is 6.07 Å². The lowest BCUT2D eigenvalue weighted by molar-refractivity contribution is 0.101. The molecule has 0 saturated carbocycles. The van der Waals surface area contributed by atoms with Crippen molar-refractivity contribution >= 4 is 17.4 Å². The molecule has 0 aliphatic rings. The third-order valence-electron chi connectivity index (χ3n) is 1.63. The van der Waals surface area contributed by atoms with E-state index in [4.69, 9.17) is 22.0 Å².